The molecule has 1 heterocycles. The van der Waals surface area contributed by atoms with Gasteiger partial charge in [-0.2, -0.15) is 9.49 Å². The molecule has 1 aromatic heterocycles. The molecule has 0 aliphatic rings. The first-order valence-corrected chi connectivity index (χ1v) is 6.15. The summed E-state index contributed by atoms with van der Waals surface area (Å²) in [6.45, 7) is 0. The number of nitrogens with zero attached hydrogens (tertiary/aromatic N) is 2. The number of ketones is 1. The lowest BCUT2D eigenvalue weighted by Crippen LogP contribution is -2.04. The molecule has 2 aromatic rings. The van der Waals surface area contributed by atoms with Crippen LogP contribution >= 0.6 is 11.6 Å². The standard InChI is InChI=1S/C13H12ClFN2O/c14-8-4-7-12(18)11-9-16-17(13(11)15)10-5-2-1-3-6-10/h1-3,5-6,9H,4,7-8H2. The Hall–Kier alpha value is -1.68. The fourth-order valence-corrected chi connectivity index (χ4v) is 1.77. The second-order valence-corrected chi connectivity index (χ2v) is 4.19. The van der Waals surface area contributed by atoms with E-state index in [4.69, 9.17) is 11.6 Å². The Kier molecular flexibility index (Phi) is 4.10. The van der Waals surface area contributed by atoms with Gasteiger partial charge in [0, 0.05) is 12.3 Å². The molecule has 0 amide bonds. The van der Waals surface area contributed by atoms with Crippen molar-refractivity contribution in [3.63, 3.8) is 0 Å². The second kappa shape index (κ2) is 5.78. The quantitative estimate of drug-likeness (QED) is 0.615. The monoisotopic (exact) mass is 266 g/mol. The van der Waals surface area contributed by atoms with Gasteiger partial charge in [-0.3, -0.25) is 4.79 Å². The molecule has 0 unspecified atom stereocenters. The summed E-state index contributed by atoms with van der Waals surface area (Å²) in [6, 6.07) is 8.85. The number of para-hydroxylation sites is 1. The molecule has 94 valence electrons. The topological polar surface area (TPSA) is 34.9 Å². The minimum Gasteiger partial charge on any atom is -0.294 e. The van der Waals surface area contributed by atoms with Crippen LogP contribution in [0.5, 0.6) is 0 Å². The van der Waals surface area contributed by atoms with Gasteiger partial charge < -0.3 is 0 Å². The number of aromatic nitrogens is 2. The van der Waals surface area contributed by atoms with E-state index in [2.05, 4.69) is 5.10 Å². The number of Topliss-reactive ketones (excluding diaryl/α,β-unsaturated/α-hetero) is 1. The van der Waals surface area contributed by atoms with E-state index in [-0.39, 0.29) is 17.8 Å². The van der Waals surface area contributed by atoms with E-state index < -0.39 is 5.95 Å². The van der Waals surface area contributed by atoms with Crippen molar-refractivity contribution < 1.29 is 9.18 Å². The van der Waals surface area contributed by atoms with Gasteiger partial charge in [-0.05, 0) is 18.6 Å². The van der Waals surface area contributed by atoms with Crippen molar-refractivity contribution in [1.82, 2.24) is 9.78 Å². The van der Waals surface area contributed by atoms with Crippen LogP contribution < -0.4 is 0 Å². The molecule has 0 aliphatic carbocycles. The maximum atomic E-state index is 14.0. The summed E-state index contributed by atoms with van der Waals surface area (Å²) in [7, 11) is 0. The summed E-state index contributed by atoms with van der Waals surface area (Å²) in [6.07, 6.45) is 2.04. The molecule has 3 nitrogen and oxygen atoms in total. The van der Waals surface area contributed by atoms with Gasteiger partial charge in [0.2, 0.25) is 5.95 Å². The van der Waals surface area contributed by atoms with Gasteiger partial charge >= 0.3 is 0 Å². The van der Waals surface area contributed by atoms with Gasteiger partial charge in [-0.15, -0.1) is 11.6 Å². The second-order valence-electron chi connectivity index (χ2n) is 3.81. The van der Waals surface area contributed by atoms with E-state index >= 15 is 0 Å². The van der Waals surface area contributed by atoms with E-state index in [9.17, 15) is 9.18 Å². The zero-order chi connectivity index (χ0) is 13.0. The molecule has 5 heteroatoms. The molecule has 0 spiro atoms. The summed E-state index contributed by atoms with van der Waals surface area (Å²) in [5, 5.41) is 3.90. The number of hydrogen-bond donors (Lipinski definition) is 0. The first kappa shape index (κ1) is 12.8. The van der Waals surface area contributed by atoms with Crippen LogP contribution in [-0.4, -0.2) is 21.4 Å². The zero-order valence-corrected chi connectivity index (χ0v) is 10.4. The van der Waals surface area contributed by atoms with Crippen LogP contribution in [0.15, 0.2) is 36.5 Å². The third kappa shape index (κ3) is 2.59. The van der Waals surface area contributed by atoms with Crippen LogP contribution in [0.3, 0.4) is 0 Å². The van der Waals surface area contributed by atoms with Gasteiger partial charge in [0.05, 0.1) is 17.4 Å². The highest BCUT2D eigenvalue weighted by atomic mass is 35.5. The third-order valence-corrected chi connectivity index (χ3v) is 2.82. The van der Waals surface area contributed by atoms with Gasteiger partial charge in [-0.25, -0.2) is 4.68 Å². The average molecular weight is 267 g/mol. The van der Waals surface area contributed by atoms with Crippen LogP contribution in [0.2, 0.25) is 0 Å². The molecular weight excluding hydrogens is 255 g/mol. The largest absolute Gasteiger partial charge is 0.294 e. The molecule has 1 aromatic carbocycles. The fourth-order valence-electron chi connectivity index (χ4n) is 1.63. The molecule has 18 heavy (non-hydrogen) atoms. The van der Waals surface area contributed by atoms with Crippen LogP contribution in [0, 0.1) is 5.95 Å². The Labute approximate surface area is 109 Å². The number of hydrogen-bond acceptors (Lipinski definition) is 2. The number of rotatable bonds is 5. The molecule has 0 N–H and O–H groups in total. The lowest BCUT2D eigenvalue weighted by Gasteiger charge is -2.01. The Balaban J connectivity index is 2.27. The first-order valence-electron chi connectivity index (χ1n) is 5.62. The predicted molar refractivity (Wildman–Crippen MR) is 67.8 cm³/mol. The molecule has 0 fully saturated rings. The molecule has 0 saturated heterocycles. The maximum Gasteiger partial charge on any atom is 0.227 e. The van der Waals surface area contributed by atoms with Crippen molar-refractivity contribution >= 4 is 17.4 Å². The molecule has 0 atom stereocenters. The number of alkyl halides is 1. The lowest BCUT2D eigenvalue weighted by molar-refractivity contribution is 0.0977. The van der Waals surface area contributed by atoms with Gasteiger partial charge in [0.25, 0.3) is 0 Å². The molecule has 0 bridgehead atoms. The van der Waals surface area contributed by atoms with Crippen LogP contribution in [-0.2, 0) is 0 Å². The molecular formula is C13H12ClFN2O. The fraction of sp³-hybridized carbons (Fsp3) is 0.231. The van der Waals surface area contributed by atoms with E-state index in [0.717, 1.165) is 4.68 Å². The Morgan fingerprint density at radius 1 is 1.33 bits per heavy atom. The van der Waals surface area contributed by atoms with E-state index in [0.29, 0.717) is 18.0 Å². The predicted octanol–water partition coefficient (Wildman–Crippen LogP) is 3.21. The highest BCUT2D eigenvalue weighted by Crippen LogP contribution is 2.15. The highest BCUT2D eigenvalue weighted by Gasteiger charge is 2.17. The third-order valence-electron chi connectivity index (χ3n) is 2.55. The van der Waals surface area contributed by atoms with Gasteiger partial charge in [-0.1, -0.05) is 18.2 Å². The van der Waals surface area contributed by atoms with Crippen molar-refractivity contribution in [1.29, 1.82) is 0 Å². The minimum atomic E-state index is -0.624. The smallest absolute Gasteiger partial charge is 0.227 e. The van der Waals surface area contributed by atoms with Crippen molar-refractivity contribution in [3.05, 3.63) is 48.0 Å². The maximum absolute atomic E-state index is 14.0. The molecule has 0 radical (unpaired) electrons. The van der Waals surface area contributed by atoms with Gasteiger partial charge in [0.1, 0.15) is 0 Å². The normalized spacial score (nSPS) is 10.6. The summed E-state index contributed by atoms with van der Waals surface area (Å²) < 4.78 is 15.2. The number of halogens is 2. The Morgan fingerprint density at radius 3 is 2.72 bits per heavy atom. The summed E-state index contributed by atoms with van der Waals surface area (Å²) in [5.41, 5.74) is 0.607. The SMILES string of the molecule is O=C(CCCCl)c1cnn(-c2ccccc2)c1F. The lowest BCUT2D eigenvalue weighted by atomic mass is 10.1. The van der Waals surface area contributed by atoms with E-state index in [1.54, 1.807) is 24.3 Å². The number of benzene rings is 1. The van der Waals surface area contributed by atoms with Gasteiger partial charge in [0.15, 0.2) is 5.78 Å². The summed E-state index contributed by atoms with van der Waals surface area (Å²) in [4.78, 5) is 11.7. The van der Waals surface area contributed by atoms with Crippen molar-refractivity contribution in [2.45, 2.75) is 12.8 Å². The highest BCUT2D eigenvalue weighted by molar-refractivity contribution is 6.18. The Bertz CT molecular complexity index is 539. The van der Waals surface area contributed by atoms with E-state index in [1.165, 1.54) is 6.20 Å². The summed E-state index contributed by atoms with van der Waals surface area (Å²) >= 11 is 5.51. The van der Waals surface area contributed by atoms with Crippen molar-refractivity contribution in [2.75, 3.05) is 5.88 Å². The van der Waals surface area contributed by atoms with Crippen molar-refractivity contribution in [2.24, 2.45) is 0 Å². The van der Waals surface area contributed by atoms with Crippen molar-refractivity contribution in [3.8, 4) is 5.69 Å². The van der Waals surface area contributed by atoms with Crippen LogP contribution in [0.25, 0.3) is 5.69 Å². The average Bonchev–Trinajstić information content (AvgIpc) is 2.79. The van der Waals surface area contributed by atoms with E-state index in [1.807, 2.05) is 6.07 Å². The number of carbonyl (C=O) groups is 1. The first-order chi connectivity index (χ1) is 8.74. The molecule has 2 rings (SSSR count). The Morgan fingerprint density at radius 2 is 2.06 bits per heavy atom. The molecule has 0 saturated carbocycles. The van der Waals surface area contributed by atoms with Crippen LogP contribution in [0.1, 0.15) is 23.2 Å². The molecule has 0 aliphatic heterocycles. The number of carbonyl (C=O) groups excluding carboxylic acids is 1. The zero-order valence-electron chi connectivity index (χ0n) is 9.64. The minimum absolute atomic E-state index is 0.0176. The summed E-state index contributed by atoms with van der Waals surface area (Å²) in [5.74, 6) is -0.503. The van der Waals surface area contributed by atoms with Crippen LogP contribution in [0.4, 0.5) is 4.39 Å².